The molecule has 0 radical (unpaired) electrons. The van der Waals surface area contributed by atoms with Gasteiger partial charge in [-0.1, -0.05) is 56.9 Å². The van der Waals surface area contributed by atoms with Crippen LogP contribution in [0.3, 0.4) is 0 Å². The largest absolute Gasteiger partial charge is 0.573 e. The second-order valence-electron chi connectivity index (χ2n) is 9.73. The average molecular weight is 455 g/mol. The van der Waals surface area contributed by atoms with Crippen LogP contribution in [-0.2, 0) is 12.8 Å². The van der Waals surface area contributed by atoms with Crippen molar-refractivity contribution in [3.63, 3.8) is 0 Å². The van der Waals surface area contributed by atoms with Crippen molar-refractivity contribution in [3.8, 4) is 17.6 Å². The summed E-state index contributed by atoms with van der Waals surface area (Å²) < 4.78 is 40.8. The molecule has 0 aromatic heterocycles. The summed E-state index contributed by atoms with van der Waals surface area (Å²) in [5.74, 6) is 8.65. The van der Waals surface area contributed by atoms with Crippen LogP contribution in [0.25, 0.3) is 0 Å². The Morgan fingerprint density at radius 2 is 1.55 bits per heavy atom. The molecule has 2 aliphatic carbocycles. The summed E-state index contributed by atoms with van der Waals surface area (Å²) >= 11 is 0. The molecule has 0 N–H and O–H groups in total. The number of fused-ring (bicyclic) bond motifs is 1. The van der Waals surface area contributed by atoms with Crippen molar-refractivity contribution in [1.29, 1.82) is 0 Å². The fourth-order valence-corrected chi connectivity index (χ4v) is 5.59. The lowest BCUT2D eigenvalue weighted by molar-refractivity contribution is -0.274. The van der Waals surface area contributed by atoms with Crippen molar-refractivity contribution in [2.45, 2.75) is 77.5 Å². The number of alkyl halides is 3. The van der Waals surface area contributed by atoms with E-state index < -0.39 is 6.36 Å². The molecular formula is C29H33F3O. The Morgan fingerprint density at radius 3 is 2.24 bits per heavy atom. The first kappa shape index (κ1) is 23.7. The molecule has 4 rings (SSSR count). The van der Waals surface area contributed by atoms with Gasteiger partial charge in [0.15, 0.2) is 0 Å². The predicted molar refractivity (Wildman–Crippen MR) is 126 cm³/mol. The Kier molecular flexibility index (Phi) is 7.68. The van der Waals surface area contributed by atoms with Crippen molar-refractivity contribution in [2.24, 2.45) is 17.8 Å². The van der Waals surface area contributed by atoms with E-state index in [1.807, 2.05) is 0 Å². The summed E-state index contributed by atoms with van der Waals surface area (Å²) in [4.78, 5) is 0. The Labute approximate surface area is 195 Å². The van der Waals surface area contributed by atoms with E-state index >= 15 is 0 Å². The van der Waals surface area contributed by atoms with Crippen LogP contribution in [0.1, 0.15) is 80.5 Å². The lowest BCUT2D eigenvalue weighted by Crippen LogP contribution is -2.26. The maximum atomic E-state index is 12.3. The van der Waals surface area contributed by atoms with Crippen LogP contribution >= 0.6 is 0 Å². The van der Waals surface area contributed by atoms with Crippen LogP contribution in [0.2, 0.25) is 0 Å². The van der Waals surface area contributed by atoms with E-state index in [0.717, 1.165) is 29.7 Å². The van der Waals surface area contributed by atoms with Gasteiger partial charge in [-0.15, -0.1) is 13.2 Å². The minimum absolute atomic E-state index is 0.231. The van der Waals surface area contributed by atoms with E-state index in [1.54, 1.807) is 12.1 Å². The Morgan fingerprint density at radius 1 is 0.848 bits per heavy atom. The molecule has 1 atom stereocenters. The minimum Gasteiger partial charge on any atom is -0.406 e. The Bertz CT molecular complexity index is 973. The fraction of sp³-hybridized carbons (Fsp3) is 0.517. The van der Waals surface area contributed by atoms with Gasteiger partial charge in [-0.25, -0.2) is 0 Å². The minimum atomic E-state index is -4.68. The molecule has 4 heteroatoms. The number of rotatable bonds is 5. The van der Waals surface area contributed by atoms with E-state index in [1.165, 1.54) is 81.0 Å². The highest BCUT2D eigenvalue weighted by atomic mass is 19.4. The molecule has 0 amide bonds. The van der Waals surface area contributed by atoms with Crippen molar-refractivity contribution >= 4 is 0 Å². The lowest BCUT2D eigenvalue weighted by atomic mass is 9.69. The lowest BCUT2D eigenvalue weighted by Gasteiger charge is -2.36. The molecule has 1 unspecified atom stereocenters. The second-order valence-corrected chi connectivity index (χ2v) is 9.73. The number of hydrogen-bond donors (Lipinski definition) is 0. The Balaban J connectivity index is 1.33. The third-order valence-electron chi connectivity index (χ3n) is 7.44. The molecule has 1 nitrogen and oxygen atoms in total. The molecule has 1 fully saturated rings. The summed E-state index contributed by atoms with van der Waals surface area (Å²) in [6.07, 6.45) is 8.68. The number of unbranched alkanes of at least 4 members (excludes halogenated alkanes) is 1. The van der Waals surface area contributed by atoms with Crippen LogP contribution in [0, 0.1) is 29.6 Å². The van der Waals surface area contributed by atoms with Gasteiger partial charge in [0.25, 0.3) is 0 Å². The first-order valence-electron chi connectivity index (χ1n) is 12.4. The number of halogens is 3. The molecule has 0 bridgehead atoms. The van der Waals surface area contributed by atoms with Gasteiger partial charge >= 0.3 is 6.36 Å². The third kappa shape index (κ3) is 6.79. The van der Waals surface area contributed by atoms with Gasteiger partial charge in [0.2, 0.25) is 0 Å². The predicted octanol–water partition coefficient (Wildman–Crippen LogP) is 8.09. The van der Waals surface area contributed by atoms with Crippen LogP contribution in [-0.4, -0.2) is 6.36 Å². The monoisotopic (exact) mass is 454 g/mol. The molecule has 1 saturated carbocycles. The van der Waals surface area contributed by atoms with Crippen LogP contribution < -0.4 is 4.74 Å². The molecule has 2 aliphatic rings. The number of hydrogen-bond acceptors (Lipinski definition) is 1. The van der Waals surface area contributed by atoms with Crippen molar-refractivity contribution < 1.29 is 17.9 Å². The summed E-state index contributed by atoms with van der Waals surface area (Å²) in [6, 6.07) is 12.2. The van der Waals surface area contributed by atoms with Gasteiger partial charge in [0.05, 0.1) is 0 Å². The highest BCUT2D eigenvalue weighted by Gasteiger charge is 2.31. The number of benzene rings is 2. The first-order chi connectivity index (χ1) is 15.9. The van der Waals surface area contributed by atoms with Gasteiger partial charge in [0.1, 0.15) is 5.75 Å². The molecule has 2 aromatic carbocycles. The van der Waals surface area contributed by atoms with Crippen LogP contribution in [0.4, 0.5) is 13.2 Å². The zero-order chi connectivity index (χ0) is 23.3. The number of aryl methyl sites for hydroxylation is 1. The standard InChI is InChI=1S/C29H33F3O/c1-2-3-4-21-7-12-24(13-8-21)26-16-15-25-19-23(9-14-27(25)20-26)6-5-22-10-17-28(18-11-22)33-29(30,31)32/h9-11,14,17-19,21,24,26H,2-4,7-8,12-13,15-16,20H2,1H3. The van der Waals surface area contributed by atoms with Crippen molar-refractivity contribution in [1.82, 2.24) is 0 Å². The van der Waals surface area contributed by atoms with Gasteiger partial charge < -0.3 is 4.74 Å². The van der Waals surface area contributed by atoms with Gasteiger partial charge in [0, 0.05) is 11.1 Å². The van der Waals surface area contributed by atoms with Crippen molar-refractivity contribution in [3.05, 3.63) is 64.7 Å². The third-order valence-corrected chi connectivity index (χ3v) is 7.44. The molecule has 2 aromatic rings. The highest BCUT2D eigenvalue weighted by molar-refractivity contribution is 5.47. The first-order valence-corrected chi connectivity index (χ1v) is 12.4. The molecule has 0 spiro atoms. The van der Waals surface area contributed by atoms with Gasteiger partial charge in [-0.05, 0) is 97.4 Å². The van der Waals surface area contributed by atoms with Crippen LogP contribution in [0.15, 0.2) is 42.5 Å². The van der Waals surface area contributed by atoms with E-state index in [4.69, 9.17) is 0 Å². The van der Waals surface area contributed by atoms with E-state index in [-0.39, 0.29) is 5.75 Å². The molecule has 0 heterocycles. The van der Waals surface area contributed by atoms with Crippen molar-refractivity contribution in [2.75, 3.05) is 0 Å². The summed E-state index contributed by atoms with van der Waals surface area (Å²) in [6.45, 7) is 2.29. The quantitative estimate of drug-likeness (QED) is 0.415. The molecule has 0 saturated heterocycles. The highest BCUT2D eigenvalue weighted by Crippen LogP contribution is 2.40. The fourth-order valence-electron chi connectivity index (χ4n) is 5.59. The molecule has 0 aliphatic heterocycles. The molecular weight excluding hydrogens is 421 g/mol. The second kappa shape index (κ2) is 10.7. The smallest absolute Gasteiger partial charge is 0.406 e. The summed E-state index contributed by atoms with van der Waals surface area (Å²) in [5, 5.41) is 0. The normalized spacial score (nSPS) is 22.7. The maximum absolute atomic E-state index is 12.3. The number of ether oxygens (including phenoxy) is 1. The average Bonchev–Trinajstić information content (AvgIpc) is 2.81. The molecule has 33 heavy (non-hydrogen) atoms. The van der Waals surface area contributed by atoms with Gasteiger partial charge in [-0.2, -0.15) is 0 Å². The zero-order valence-electron chi connectivity index (χ0n) is 19.4. The summed E-state index contributed by atoms with van der Waals surface area (Å²) in [5.41, 5.74) is 4.50. The van der Waals surface area contributed by atoms with E-state index in [0.29, 0.717) is 5.56 Å². The van der Waals surface area contributed by atoms with E-state index in [9.17, 15) is 13.2 Å². The topological polar surface area (TPSA) is 9.23 Å². The molecule has 176 valence electrons. The van der Waals surface area contributed by atoms with Gasteiger partial charge in [-0.3, -0.25) is 0 Å². The zero-order valence-corrected chi connectivity index (χ0v) is 19.4. The van der Waals surface area contributed by atoms with E-state index in [2.05, 4.69) is 41.7 Å². The maximum Gasteiger partial charge on any atom is 0.573 e. The summed E-state index contributed by atoms with van der Waals surface area (Å²) in [7, 11) is 0. The SMILES string of the molecule is CCCCC1CCC(C2CCc3cc(C#Cc4ccc(OC(F)(F)F)cc4)ccc3C2)CC1. The van der Waals surface area contributed by atoms with Crippen LogP contribution in [0.5, 0.6) is 5.75 Å². The Hall–Kier alpha value is -2.41.